The van der Waals surface area contributed by atoms with Gasteiger partial charge in [-0.25, -0.2) is 4.79 Å². The topological polar surface area (TPSA) is 88.0 Å². The lowest BCUT2D eigenvalue weighted by Gasteiger charge is -2.36. The molecule has 3 N–H and O–H groups in total. The molecule has 0 fully saturated rings. The predicted molar refractivity (Wildman–Crippen MR) is 87.4 cm³/mol. The maximum absolute atomic E-state index is 11.9. The Morgan fingerprint density at radius 1 is 1.26 bits per heavy atom. The van der Waals surface area contributed by atoms with E-state index in [0.717, 1.165) is 0 Å². The van der Waals surface area contributed by atoms with Crippen LogP contribution in [0.15, 0.2) is 24.3 Å². The van der Waals surface area contributed by atoms with Gasteiger partial charge in [0.05, 0.1) is 19.8 Å². The zero-order valence-electron chi connectivity index (χ0n) is 14.4. The van der Waals surface area contributed by atoms with Gasteiger partial charge in [0.2, 0.25) is 0 Å². The van der Waals surface area contributed by atoms with E-state index in [1.165, 1.54) is 0 Å². The Morgan fingerprint density at radius 2 is 1.83 bits per heavy atom. The van der Waals surface area contributed by atoms with Crippen LogP contribution in [0.5, 0.6) is 5.75 Å². The quantitative estimate of drug-likeness (QED) is 0.746. The van der Waals surface area contributed by atoms with E-state index in [-0.39, 0.29) is 0 Å². The maximum atomic E-state index is 11.9. The monoisotopic (exact) mass is 325 g/mol. The summed E-state index contributed by atoms with van der Waals surface area (Å²) in [6.07, 6.45) is -0.377. The van der Waals surface area contributed by atoms with Crippen molar-refractivity contribution >= 4 is 6.09 Å². The number of alkyl carbamates (subject to hydrolysis) is 1. The first kappa shape index (κ1) is 19.3. The van der Waals surface area contributed by atoms with Crippen molar-refractivity contribution in [1.29, 1.82) is 0 Å². The lowest BCUT2D eigenvalue weighted by atomic mass is 9.84. The Kier molecular flexibility index (Phi) is 6.41. The number of aliphatic hydroxyl groups excluding tert-OH is 1. The van der Waals surface area contributed by atoms with Gasteiger partial charge >= 0.3 is 6.09 Å². The Balaban J connectivity index is 2.99. The average molecular weight is 325 g/mol. The second-order valence-corrected chi connectivity index (χ2v) is 6.39. The molecule has 1 aromatic rings. The van der Waals surface area contributed by atoms with Crippen LogP contribution in [0.4, 0.5) is 4.79 Å². The SMILES string of the molecule is CCC(O)(c1ccc(OC)cc1)C(CO)NC(=O)OC(C)(C)C. The molecule has 23 heavy (non-hydrogen) atoms. The Bertz CT molecular complexity index is 509. The highest BCUT2D eigenvalue weighted by molar-refractivity contribution is 5.68. The number of carbonyl (C=O) groups excluding carboxylic acids is 1. The molecule has 0 saturated carbocycles. The highest BCUT2D eigenvalue weighted by Crippen LogP contribution is 2.30. The molecular formula is C17H27NO5. The van der Waals surface area contributed by atoms with Crippen LogP contribution in [0.2, 0.25) is 0 Å². The first-order valence-corrected chi connectivity index (χ1v) is 7.63. The van der Waals surface area contributed by atoms with Gasteiger partial charge in [0.25, 0.3) is 0 Å². The summed E-state index contributed by atoms with van der Waals surface area (Å²) in [5.74, 6) is 0.660. The number of nitrogens with one attached hydrogen (secondary N) is 1. The highest BCUT2D eigenvalue weighted by atomic mass is 16.6. The largest absolute Gasteiger partial charge is 0.497 e. The number of amides is 1. The minimum atomic E-state index is -1.42. The van der Waals surface area contributed by atoms with E-state index in [9.17, 15) is 15.0 Å². The molecule has 1 aromatic carbocycles. The molecule has 0 aromatic heterocycles. The van der Waals surface area contributed by atoms with Crippen LogP contribution in [0, 0.1) is 0 Å². The molecule has 2 unspecified atom stereocenters. The van der Waals surface area contributed by atoms with Crippen molar-refractivity contribution in [1.82, 2.24) is 5.32 Å². The van der Waals surface area contributed by atoms with Crippen molar-refractivity contribution in [3.63, 3.8) is 0 Å². The Morgan fingerprint density at radius 3 is 2.22 bits per heavy atom. The molecule has 0 aliphatic rings. The smallest absolute Gasteiger partial charge is 0.408 e. The average Bonchev–Trinajstić information content (AvgIpc) is 2.50. The zero-order valence-corrected chi connectivity index (χ0v) is 14.4. The second-order valence-electron chi connectivity index (χ2n) is 6.39. The molecule has 1 amide bonds. The summed E-state index contributed by atoms with van der Waals surface area (Å²) in [5, 5.41) is 23.2. The van der Waals surface area contributed by atoms with Gasteiger partial charge in [-0.05, 0) is 44.9 Å². The van der Waals surface area contributed by atoms with Gasteiger partial charge in [-0.2, -0.15) is 0 Å². The third-order valence-corrected chi connectivity index (χ3v) is 3.58. The van der Waals surface area contributed by atoms with Crippen LogP contribution >= 0.6 is 0 Å². The van der Waals surface area contributed by atoms with Crippen LogP contribution in [-0.2, 0) is 10.3 Å². The molecule has 6 nitrogen and oxygen atoms in total. The lowest BCUT2D eigenvalue weighted by Crippen LogP contribution is -2.53. The zero-order chi connectivity index (χ0) is 17.7. The number of methoxy groups -OCH3 is 1. The van der Waals surface area contributed by atoms with Crippen LogP contribution in [0.3, 0.4) is 0 Å². The van der Waals surface area contributed by atoms with Gasteiger partial charge in [0, 0.05) is 0 Å². The summed E-state index contributed by atoms with van der Waals surface area (Å²) in [4.78, 5) is 11.9. The fourth-order valence-corrected chi connectivity index (χ4v) is 2.30. The molecule has 130 valence electrons. The van der Waals surface area contributed by atoms with E-state index >= 15 is 0 Å². The number of rotatable bonds is 6. The molecule has 1 rings (SSSR count). The van der Waals surface area contributed by atoms with Crippen LogP contribution in [-0.4, -0.2) is 41.7 Å². The summed E-state index contributed by atoms with van der Waals surface area (Å²) in [7, 11) is 1.56. The van der Waals surface area contributed by atoms with E-state index in [1.807, 2.05) is 0 Å². The highest BCUT2D eigenvalue weighted by Gasteiger charge is 2.38. The maximum Gasteiger partial charge on any atom is 0.408 e. The summed E-state index contributed by atoms with van der Waals surface area (Å²) >= 11 is 0. The molecule has 0 radical (unpaired) electrons. The van der Waals surface area contributed by atoms with Gasteiger partial charge in [-0.1, -0.05) is 19.1 Å². The second kappa shape index (κ2) is 7.66. The standard InChI is InChI=1S/C17H27NO5/c1-6-17(21,12-7-9-13(22-5)10-8-12)14(11-19)18-15(20)23-16(2,3)4/h7-10,14,19,21H,6,11H2,1-5H3,(H,18,20). The van der Waals surface area contributed by atoms with Gasteiger partial charge in [-0.3, -0.25) is 0 Å². The normalized spacial score (nSPS) is 15.4. The minimum Gasteiger partial charge on any atom is -0.497 e. The molecule has 0 spiro atoms. The van der Waals surface area contributed by atoms with E-state index < -0.39 is 29.9 Å². The van der Waals surface area contributed by atoms with E-state index in [0.29, 0.717) is 17.7 Å². The van der Waals surface area contributed by atoms with Crippen molar-refractivity contribution in [3.05, 3.63) is 29.8 Å². The fraction of sp³-hybridized carbons (Fsp3) is 0.588. The number of carbonyl (C=O) groups is 1. The molecule has 2 atom stereocenters. The van der Waals surface area contributed by atoms with E-state index in [2.05, 4.69) is 5.32 Å². The Hall–Kier alpha value is -1.79. The van der Waals surface area contributed by atoms with Crippen LogP contribution < -0.4 is 10.1 Å². The summed E-state index contributed by atoms with van der Waals surface area (Å²) in [6.45, 7) is 6.60. The number of aliphatic hydroxyl groups is 2. The number of ether oxygens (including phenoxy) is 2. The van der Waals surface area contributed by atoms with E-state index in [4.69, 9.17) is 9.47 Å². The number of hydrogen-bond acceptors (Lipinski definition) is 5. The molecule has 0 bridgehead atoms. The number of hydrogen-bond donors (Lipinski definition) is 3. The fourth-order valence-electron chi connectivity index (χ4n) is 2.30. The van der Waals surface area contributed by atoms with Crippen molar-refractivity contribution in [2.24, 2.45) is 0 Å². The third kappa shape index (κ3) is 5.11. The first-order valence-electron chi connectivity index (χ1n) is 7.63. The third-order valence-electron chi connectivity index (χ3n) is 3.58. The summed E-state index contributed by atoms with van der Waals surface area (Å²) in [6, 6.07) is 5.97. The van der Waals surface area contributed by atoms with Crippen molar-refractivity contribution in [2.75, 3.05) is 13.7 Å². The van der Waals surface area contributed by atoms with Crippen LogP contribution in [0.1, 0.15) is 39.7 Å². The van der Waals surface area contributed by atoms with Gasteiger partial charge in [0.15, 0.2) is 0 Å². The molecule has 0 aliphatic carbocycles. The molecular weight excluding hydrogens is 298 g/mol. The van der Waals surface area contributed by atoms with Crippen molar-refractivity contribution in [2.45, 2.75) is 51.4 Å². The van der Waals surface area contributed by atoms with Gasteiger partial charge in [0.1, 0.15) is 17.0 Å². The molecule has 0 heterocycles. The van der Waals surface area contributed by atoms with Crippen molar-refractivity contribution in [3.8, 4) is 5.75 Å². The van der Waals surface area contributed by atoms with Gasteiger partial charge < -0.3 is 25.0 Å². The molecule has 0 saturated heterocycles. The molecule has 0 aliphatic heterocycles. The summed E-state index contributed by atoms with van der Waals surface area (Å²) in [5.41, 5.74) is -1.50. The van der Waals surface area contributed by atoms with Crippen molar-refractivity contribution < 1.29 is 24.5 Å². The predicted octanol–water partition coefficient (Wildman–Crippen LogP) is 2.18. The Labute approximate surface area is 137 Å². The lowest BCUT2D eigenvalue weighted by molar-refractivity contribution is -0.0309. The first-order chi connectivity index (χ1) is 10.7. The van der Waals surface area contributed by atoms with Crippen LogP contribution in [0.25, 0.3) is 0 Å². The van der Waals surface area contributed by atoms with E-state index in [1.54, 1.807) is 59.1 Å². The number of benzene rings is 1. The molecule has 6 heteroatoms. The van der Waals surface area contributed by atoms with Gasteiger partial charge in [-0.15, -0.1) is 0 Å². The summed E-state index contributed by atoms with van der Waals surface area (Å²) < 4.78 is 10.3. The minimum absolute atomic E-state index is 0.306.